The molecule has 0 fully saturated rings. The molecule has 4 heteroatoms. The van der Waals surface area contributed by atoms with Gasteiger partial charge in [0.1, 0.15) is 11.6 Å². The lowest BCUT2D eigenvalue weighted by Crippen LogP contribution is -2.25. The fraction of sp³-hybridized carbons (Fsp3) is 0.300. The summed E-state index contributed by atoms with van der Waals surface area (Å²) in [7, 11) is 0. The molecular formula is C20H20Cl2O2. The van der Waals surface area contributed by atoms with Crippen molar-refractivity contribution in [1.82, 2.24) is 0 Å². The first-order valence-corrected chi connectivity index (χ1v) is 8.52. The molecule has 0 aromatic heterocycles. The van der Waals surface area contributed by atoms with E-state index in [1.54, 1.807) is 12.1 Å². The minimum absolute atomic E-state index is 0.0695. The Labute approximate surface area is 152 Å². The molecule has 0 aliphatic heterocycles. The van der Waals surface area contributed by atoms with Gasteiger partial charge in [-0.05, 0) is 62.1 Å². The Balaban J connectivity index is 2.70. The normalized spacial score (nSPS) is 13.4. The summed E-state index contributed by atoms with van der Waals surface area (Å²) in [6, 6.07) is 10.9. The van der Waals surface area contributed by atoms with Crippen LogP contribution in [0.15, 0.2) is 36.4 Å². The first-order chi connectivity index (χ1) is 11.3. The Hall–Kier alpha value is -1.64. The summed E-state index contributed by atoms with van der Waals surface area (Å²) in [5, 5.41) is 1.17. The maximum atomic E-state index is 12.5. The van der Waals surface area contributed by atoms with Gasteiger partial charge in [0.25, 0.3) is 0 Å². The van der Waals surface area contributed by atoms with E-state index in [4.69, 9.17) is 23.2 Å². The first-order valence-electron chi connectivity index (χ1n) is 7.76. The summed E-state index contributed by atoms with van der Waals surface area (Å²) < 4.78 is 0. The number of hydrogen-bond acceptors (Lipinski definition) is 2. The second kappa shape index (κ2) is 7.50. The number of halogens is 2. The maximum absolute atomic E-state index is 12.5. The van der Waals surface area contributed by atoms with Crippen LogP contribution in [0.1, 0.15) is 47.9 Å². The van der Waals surface area contributed by atoms with Crippen LogP contribution < -0.4 is 0 Å². The van der Waals surface area contributed by atoms with Gasteiger partial charge >= 0.3 is 0 Å². The van der Waals surface area contributed by atoms with E-state index in [2.05, 4.69) is 0 Å². The first kappa shape index (κ1) is 18.7. The van der Waals surface area contributed by atoms with Crippen LogP contribution in [-0.2, 0) is 9.59 Å². The second-order valence-electron chi connectivity index (χ2n) is 6.08. The van der Waals surface area contributed by atoms with Gasteiger partial charge in [-0.15, -0.1) is 0 Å². The van der Waals surface area contributed by atoms with Crippen molar-refractivity contribution < 1.29 is 9.59 Å². The minimum Gasteiger partial charge on any atom is -0.299 e. The lowest BCUT2D eigenvalue weighted by atomic mass is 9.75. The molecule has 0 N–H and O–H groups in total. The number of carbonyl (C=O) groups is 2. The zero-order chi connectivity index (χ0) is 18.0. The van der Waals surface area contributed by atoms with Crippen LogP contribution in [0, 0.1) is 13.8 Å². The molecule has 0 spiro atoms. The highest BCUT2D eigenvalue weighted by atomic mass is 35.5. The fourth-order valence-electron chi connectivity index (χ4n) is 3.19. The highest BCUT2D eigenvalue weighted by Gasteiger charge is 2.34. The smallest absolute Gasteiger partial charge is 0.138 e. The molecule has 2 unspecified atom stereocenters. The molecule has 0 aliphatic rings. The van der Waals surface area contributed by atoms with Gasteiger partial charge < -0.3 is 0 Å². The average Bonchev–Trinajstić information content (AvgIpc) is 2.51. The van der Waals surface area contributed by atoms with Crippen LogP contribution in [0.4, 0.5) is 0 Å². The molecule has 2 aromatic carbocycles. The van der Waals surface area contributed by atoms with Crippen molar-refractivity contribution >= 4 is 34.8 Å². The number of Topliss-reactive ketones (excluding diaryl/α,β-unsaturated/α-hetero) is 2. The number of benzene rings is 2. The Kier molecular flexibility index (Phi) is 5.84. The molecule has 126 valence electrons. The van der Waals surface area contributed by atoms with Gasteiger partial charge in [-0.2, -0.15) is 0 Å². The second-order valence-corrected chi connectivity index (χ2v) is 6.90. The predicted octanol–water partition coefficient (Wildman–Crippen LogP) is 5.66. The van der Waals surface area contributed by atoms with Gasteiger partial charge in [-0.1, -0.05) is 47.5 Å². The lowest BCUT2D eigenvalue weighted by Gasteiger charge is -2.27. The van der Waals surface area contributed by atoms with Crippen molar-refractivity contribution in [1.29, 1.82) is 0 Å². The third-order valence-electron chi connectivity index (χ3n) is 4.50. The molecule has 0 amide bonds. The van der Waals surface area contributed by atoms with Crippen LogP contribution in [0.25, 0.3) is 0 Å². The number of hydrogen-bond donors (Lipinski definition) is 0. The van der Waals surface area contributed by atoms with Gasteiger partial charge in [-0.25, -0.2) is 0 Å². The summed E-state index contributed by atoms with van der Waals surface area (Å²) in [6.45, 7) is 6.77. The highest BCUT2D eigenvalue weighted by Crippen LogP contribution is 2.40. The van der Waals surface area contributed by atoms with Gasteiger partial charge in [-0.3, -0.25) is 9.59 Å². The molecule has 0 saturated heterocycles. The number of ketones is 2. The lowest BCUT2D eigenvalue weighted by molar-refractivity contribution is -0.125. The van der Waals surface area contributed by atoms with Crippen molar-refractivity contribution in [3.05, 3.63) is 68.7 Å². The topological polar surface area (TPSA) is 34.1 Å². The van der Waals surface area contributed by atoms with Gasteiger partial charge in [0.15, 0.2) is 0 Å². The molecule has 0 bridgehead atoms. The van der Waals surface area contributed by atoms with Gasteiger partial charge in [0.2, 0.25) is 0 Å². The van der Waals surface area contributed by atoms with Crippen LogP contribution in [0.5, 0.6) is 0 Å². The molecule has 2 atom stereocenters. The SMILES string of the molecule is CC(=O)C(c1cccc(Cl)c1C)C(C(C)=O)c1cccc(Cl)c1C. The minimum atomic E-state index is -0.585. The summed E-state index contributed by atoms with van der Waals surface area (Å²) in [4.78, 5) is 25.0. The maximum Gasteiger partial charge on any atom is 0.138 e. The molecule has 2 rings (SSSR count). The summed E-state index contributed by atoms with van der Waals surface area (Å²) >= 11 is 12.5. The van der Waals surface area contributed by atoms with Gasteiger partial charge in [0.05, 0.1) is 11.8 Å². The molecule has 0 radical (unpaired) electrons. The van der Waals surface area contributed by atoms with Crippen molar-refractivity contribution in [2.75, 3.05) is 0 Å². The molecule has 0 aliphatic carbocycles. The average molecular weight is 363 g/mol. The van der Waals surface area contributed by atoms with Gasteiger partial charge in [0, 0.05) is 10.0 Å². The number of carbonyl (C=O) groups excluding carboxylic acids is 2. The zero-order valence-electron chi connectivity index (χ0n) is 14.2. The van der Waals surface area contributed by atoms with Crippen molar-refractivity contribution in [2.24, 2.45) is 0 Å². The van der Waals surface area contributed by atoms with Crippen LogP contribution in [0.2, 0.25) is 10.0 Å². The van der Waals surface area contributed by atoms with E-state index in [0.717, 1.165) is 22.3 Å². The summed E-state index contributed by atoms with van der Waals surface area (Å²) in [5.74, 6) is -1.31. The monoisotopic (exact) mass is 362 g/mol. The Morgan fingerprint density at radius 1 is 0.750 bits per heavy atom. The quantitative estimate of drug-likeness (QED) is 0.687. The van der Waals surface area contributed by atoms with Crippen molar-refractivity contribution in [3.63, 3.8) is 0 Å². The van der Waals surface area contributed by atoms with E-state index in [1.165, 1.54) is 13.8 Å². The Morgan fingerprint density at radius 2 is 1.08 bits per heavy atom. The van der Waals surface area contributed by atoms with E-state index < -0.39 is 11.8 Å². The van der Waals surface area contributed by atoms with Crippen molar-refractivity contribution in [2.45, 2.75) is 39.5 Å². The standard InChI is InChI=1S/C20H20Cl2O2/c1-11-15(7-5-9-17(11)21)19(13(3)23)20(14(4)24)16-8-6-10-18(22)12(16)2/h5-10,19-20H,1-4H3. The van der Waals surface area contributed by atoms with E-state index in [0.29, 0.717) is 10.0 Å². The number of rotatable bonds is 5. The van der Waals surface area contributed by atoms with E-state index in [9.17, 15) is 9.59 Å². The van der Waals surface area contributed by atoms with Crippen LogP contribution in [0.3, 0.4) is 0 Å². The molecule has 2 nitrogen and oxygen atoms in total. The molecule has 24 heavy (non-hydrogen) atoms. The Bertz CT molecular complexity index is 729. The summed E-state index contributed by atoms with van der Waals surface area (Å²) in [6.07, 6.45) is 0. The molecule has 2 aromatic rings. The molecular weight excluding hydrogens is 343 g/mol. The van der Waals surface area contributed by atoms with E-state index in [-0.39, 0.29) is 11.6 Å². The summed E-state index contributed by atoms with van der Waals surface area (Å²) in [5.41, 5.74) is 3.22. The largest absolute Gasteiger partial charge is 0.299 e. The predicted molar refractivity (Wildman–Crippen MR) is 99.2 cm³/mol. The van der Waals surface area contributed by atoms with E-state index >= 15 is 0 Å². The Morgan fingerprint density at radius 3 is 1.38 bits per heavy atom. The van der Waals surface area contributed by atoms with Crippen molar-refractivity contribution in [3.8, 4) is 0 Å². The highest BCUT2D eigenvalue weighted by molar-refractivity contribution is 6.31. The fourth-order valence-corrected chi connectivity index (χ4v) is 3.55. The molecule has 0 heterocycles. The molecule has 0 saturated carbocycles. The zero-order valence-corrected chi connectivity index (χ0v) is 15.7. The third kappa shape index (κ3) is 3.55. The van der Waals surface area contributed by atoms with E-state index in [1.807, 2.05) is 38.1 Å². The third-order valence-corrected chi connectivity index (χ3v) is 5.32. The van der Waals surface area contributed by atoms with Crippen LogP contribution in [-0.4, -0.2) is 11.6 Å². The van der Waals surface area contributed by atoms with Crippen LogP contribution >= 0.6 is 23.2 Å².